The number of benzene rings is 2. The van der Waals surface area contributed by atoms with E-state index in [0.717, 1.165) is 61.2 Å². The largest absolute Gasteiger partial charge is 0.497 e. The molecule has 6 nitrogen and oxygen atoms in total. The van der Waals surface area contributed by atoms with Crippen molar-refractivity contribution in [1.29, 1.82) is 0 Å². The normalized spacial score (nSPS) is 37.1. The molecule has 5 fully saturated rings. The van der Waals surface area contributed by atoms with Gasteiger partial charge in [-0.05, 0) is 165 Å². The number of carbonyl (C=O) groups excluding carboxylic acids is 2. The van der Waals surface area contributed by atoms with Crippen molar-refractivity contribution in [3.05, 3.63) is 84.0 Å². The molecule has 56 heavy (non-hydrogen) atoms. The molecule has 0 radical (unpaired) electrons. The van der Waals surface area contributed by atoms with Crippen LogP contribution in [0, 0.1) is 56.7 Å². The summed E-state index contributed by atoms with van der Waals surface area (Å²) in [5.74, 6) is 3.65. The van der Waals surface area contributed by atoms with E-state index in [4.69, 9.17) is 18.9 Å². The predicted molar refractivity (Wildman–Crippen MR) is 224 cm³/mol. The van der Waals surface area contributed by atoms with Crippen LogP contribution >= 0.6 is 0 Å². The van der Waals surface area contributed by atoms with Crippen LogP contribution in [0.1, 0.15) is 117 Å². The number of hydrogen-bond donors (Lipinski definition) is 0. The molecule has 7 rings (SSSR count). The van der Waals surface area contributed by atoms with Gasteiger partial charge in [0.2, 0.25) is 0 Å². The Bertz CT molecular complexity index is 1840. The predicted octanol–water partition coefficient (Wildman–Crippen LogP) is 11.5. The summed E-state index contributed by atoms with van der Waals surface area (Å²) >= 11 is 0. The summed E-state index contributed by atoms with van der Waals surface area (Å²) in [6.07, 6.45) is 18.0. The number of fused-ring (bicyclic) bond motifs is 7. The SMILES string of the molecule is C=C(C)[C@@H]1CC[C@]2(COC(=O)/C=C/c3ccc(OC)cc3)CC[C@]3(C)[C@@H](CC[C@@H]4[C@@]5(C)CC[C@H](OC(=O)/C=C/c6ccc(OC)cc6)C(C)(C)[C@H]5CC[C@]43C)[C@H]12. The Labute approximate surface area is 336 Å². The van der Waals surface area contributed by atoms with Crippen LogP contribution in [0.15, 0.2) is 72.8 Å². The molecule has 0 saturated heterocycles. The molecule has 10 atom stereocenters. The van der Waals surface area contributed by atoms with Crippen molar-refractivity contribution in [2.24, 2.45) is 56.7 Å². The summed E-state index contributed by atoms with van der Waals surface area (Å²) in [6, 6.07) is 15.4. The summed E-state index contributed by atoms with van der Waals surface area (Å²) in [5, 5.41) is 0. The topological polar surface area (TPSA) is 71.1 Å². The van der Waals surface area contributed by atoms with Crippen molar-refractivity contribution in [2.45, 2.75) is 112 Å². The van der Waals surface area contributed by atoms with E-state index in [-0.39, 0.29) is 45.1 Å². The molecule has 0 aliphatic heterocycles. The van der Waals surface area contributed by atoms with Gasteiger partial charge < -0.3 is 18.9 Å². The maximum absolute atomic E-state index is 13.2. The van der Waals surface area contributed by atoms with Crippen LogP contribution < -0.4 is 9.47 Å². The van der Waals surface area contributed by atoms with Crippen molar-refractivity contribution in [2.75, 3.05) is 20.8 Å². The summed E-state index contributed by atoms with van der Waals surface area (Å²) in [7, 11) is 3.31. The lowest BCUT2D eigenvalue weighted by atomic mass is 9.32. The molecule has 0 amide bonds. The molecule has 2 aromatic carbocycles. The quantitative estimate of drug-likeness (QED) is 0.136. The molecule has 0 aromatic heterocycles. The summed E-state index contributed by atoms with van der Waals surface area (Å²) < 4.78 is 23.1. The first-order valence-corrected chi connectivity index (χ1v) is 21.3. The first-order valence-electron chi connectivity index (χ1n) is 21.3. The Morgan fingerprint density at radius 3 is 1.89 bits per heavy atom. The number of ether oxygens (including phenoxy) is 4. The van der Waals surface area contributed by atoms with Crippen LogP contribution in [0.5, 0.6) is 11.5 Å². The summed E-state index contributed by atoms with van der Waals surface area (Å²) in [6.45, 7) is 19.9. The molecule has 5 aliphatic rings. The van der Waals surface area contributed by atoms with E-state index in [2.05, 4.69) is 48.1 Å². The number of carbonyl (C=O) groups is 2. The average Bonchev–Trinajstić information content (AvgIpc) is 3.57. The number of esters is 2. The van der Waals surface area contributed by atoms with Gasteiger partial charge in [0.05, 0.1) is 20.8 Å². The van der Waals surface area contributed by atoms with Crippen molar-refractivity contribution in [3.8, 4) is 11.5 Å². The zero-order valence-electron chi connectivity index (χ0n) is 35.3. The van der Waals surface area contributed by atoms with Gasteiger partial charge in [0.25, 0.3) is 0 Å². The van der Waals surface area contributed by atoms with Gasteiger partial charge in [-0.2, -0.15) is 0 Å². The van der Waals surface area contributed by atoms with Gasteiger partial charge in [-0.15, -0.1) is 0 Å². The highest BCUT2D eigenvalue weighted by Crippen LogP contribution is 2.77. The highest BCUT2D eigenvalue weighted by atomic mass is 16.5. The Morgan fingerprint density at radius 2 is 1.30 bits per heavy atom. The molecule has 6 heteroatoms. The number of hydrogen-bond acceptors (Lipinski definition) is 6. The third kappa shape index (κ3) is 6.85. The smallest absolute Gasteiger partial charge is 0.331 e. The molecule has 5 aliphatic carbocycles. The fourth-order valence-electron chi connectivity index (χ4n) is 13.9. The van der Waals surface area contributed by atoms with E-state index >= 15 is 0 Å². The van der Waals surface area contributed by atoms with Gasteiger partial charge in [0, 0.05) is 23.0 Å². The second-order valence-corrected chi connectivity index (χ2v) is 19.7. The lowest BCUT2D eigenvalue weighted by molar-refractivity contribution is -0.251. The van der Waals surface area contributed by atoms with Gasteiger partial charge in [-0.25, -0.2) is 9.59 Å². The fourth-order valence-corrected chi connectivity index (χ4v) is 13.9. The van der Waals surface area contributed by atoms with Gasteiger partial charge in [-0.1, -0.05) is 71.0 Å². The van der Waals surface area contributed by atoms with E-state index < -0.39 is 0 Å². The lowest BCUT2D eigenvalue weighted by Gasteiger charge is -2.73. The van der Waals surface area contributed by atoms with Crippen LogP contribution in [0.4, 0.5) is 0 Å². The van der Waals surface area contributed by atoms with Gasteiger partial charge >= 0.3 is 11.9 Å². The van der Waals surface area contributed by atoms with Crippen LogP contribution in [0.2, 0.25) is 0 Å². The molecule has 2 aromatic rings. The van der Waals surface area contributed by atoms with Crippen LogP contribution in [0.3, 0.4) is 0 Å². The van der Waals surface area contributed by atoms with Gasteiger partial charge in [-0.3, -0.25) is 0 Å². The Balaban J connectivity index is 1.06. The van der Waals surface area contributed by atoms with Gasteiger partial charge in [0.1, 0.15) is 17.6 Å². The second kappa shape index (κ2) is 15.2. The van der Waals surface area contributed by atoms with E-state index in [9.17, 15) is 9.59 Å². The minimum absolute atomic E-state index is 0.00649. The second-order valence-electron chi connectivity index (χ2n) is 19.7. The van der Waals surface area contributed by atoms with Crippen molar-refractivity contribution in [3.63, 3.8) is 0 Å². The van der Waals surface area contributed by atoms with Crippen LogP contribution in [-0.2, 0) is 19.1 Å². The molecule has 0 N–H and O–H groups in total. The minimum Gasteiger partial charge on any atom is -0.497 e. The van der Waals surface area contributed by atoms with Crippen molar-refractivity contribution >= 4 is 24.1 Å². The third-order valence-electron chi connectivity index (χ3n) is 17.0. The zero-order valence-corrected chi connectivity index (χ0v) is 35.3. The molecule has 0 heterocycles. The number of rotatable bonds is 10. The third-order valence-corrected chi connectivity index (χ3v) is 17.0. The van der Waals surface area contributed by atoms with E-state index in [1.54, 1.807) is 26.4 Å². The number of allylic oxidation sites excluding steroid dienone is 1. The van der Waals surface area contributed by atoms with E-state index in [0.29, 0.717) is 36.2 Å². The van der Waals surface area contributed by atoms with Crippen molar-refractivity contribution < 1.29 is 28.5 Å². The molecule has 0 bridgehead atoms. The van der Waals surface area contributed by atoms with Gasteiger partial charge in [0.15, 0.2) is 0 Å². The average molecular weight is 763 g/mol. The Hall–Kier alpha value is -3.80. The molecule has 0 spiro atoms. The zero-order chi connectivity index (χ0) is 40.1. The monoisotopic (exact) mass is 762 g/mol. The maximum atomic E-state index is 13.2. The molecular weight excluding hydrogens is 697 g/mol. The Kier molecular flexibility index (Phi) is 10.9. The van der Waals surface area contributed by atoms with E-state index in [1.165, 1.54) is 31.3 Å². The van der Waals surface area contributed by atoms with Crippen molar-refractivity contribution in [1.82, 2.24) is 0 Å². The lowest BCUT2D eigenvalue weighted by Crippen LogP contribution is -2.67. The maximum Gasteiger partial charge on any atom is 0.331 e. The highest BCUT2D eigenvalue weighted by molar-refractivity contribution is 5.87. The molecule has 5 saturated carbocycles. The molecular formula is C50H66O6. The summed E-state index contributed by atoms with van der Waals surface area (Å²) in [4.78, 5) is 26.4. The first-order chi connectivity index (χ1) is 26.6. The first kappa shape index (κ1) is 40.4. The Morgan fingerprint density at radius 1 is 0.696 bits per heavy atom. The summed E-state index contributed by atoms with van der Waals surface area (Å²) in [5.41, 5.74) is 3.62. The number of methoxy groups -OCH3 is 2. The van der Waals surface area contributed by atoms with Crippen LogP contribution in [-0.4, -0.2) is 38.9 Å². The fraction of sp³-hybridized carbons (Fsp3) is 0.600. The highest BCUT2D eigenvalue weighted by Gasteiger charge is 2.71. The molecule has 0 unspecified atom stereocenters. The van der Waals surface area contributed by atoms with E-state index in [1.807, 2.05) is 60.7 Å². The molecule has 302 valence electrons. The minimum atomic E-state index is -0.264. The standard InChI is InChI=1S/C50H66O6/c1-33(2)38-24-29-50(32-55-43(51)22-14-34-10-16-36(53-8)17-11-34)31-30-48(6)39(45(38)50)20-21-41-47(5)27-26-42(46(3,4)40(47)25-28-49(41,48)7)56-44(52)23-15-35-12-18-37(54-9)19-13-35/h10-19,22-23,38-42,45H,1,20-21,24-32H2,2-9H3/b22-14+,23-15+/t38-,39-,40+,41+,42-,45-,47-,48+,49+,50+/m0/s1. The van der Waals surface area contributed by atoms with Crippen LogP contribution in [0.25, 0.3) is 12.2 Å².